The third-order valence-electron chi connectivity index (χ3n) is 2.22. The molecule has 0 atom stereocenters. The molecular weight excluding hydrogens is 195 g/mol. The Morgan fingerprint density at radius 3 is 3.07 bits per heavy atom. The Balaban J connectivity index is 2.27. The maximum atomic E-state index is 13.5. The molecule has 0 spiro atoms. The Labute approximate surface area is 87.0 Å². The van der Waals surface area contributed by atoms with Crippen LogP contribution in [0.3, 0.4) is 0 Å². The molecule has 15 heavy (non-hydrogen) atoms. The van der Waals surface area contributed by atoms with Crippen molar-refractivity contribution in [2.75, 3.05) is 13.2 Å². The van der Waals surface area contributed by atoms with Crippen LogP contribution in [-0.2, 0) is 0 Å². The Hall–Kier alpha value is -1.55. The van der Waals surface area contributed by atoms with Crippen molar-refractivity contribution in [1.29, 1.82) is 0 Å². The number of fused-ring (bicyclic) bond motifs is 1. The second kappa shape index (κ2) is 4.31. The highest BCUT2D eigenvalue weighted by molar-refractivity contribution is 5.86. The molecule has 1 heterocycles. The Kier molecular flexibility index (Phi) is 2.87. The van der Waals surface area contributed by atoms with Gasteiger partial charge in [0.15, 0.2) is 0 Å². The van der Waals surface area contributed by atoms with Gasteiger partial charge < -0.3 is 15.5 Å². The van der Waals surface area contributed by atoms with Crippen LogP contribution in [0.1, 0.15) is 6.42 Å². The van der Waals surface area contributed by atoms with Crippen LogP contribution in [0.15, 0.2) is 24.4 Å². The van der Waals surface area contributed by atoms with E-state index in [1.165, 1.54) is 6.07 Å². The first-order valence-corrected chi connectivity index (χ1v) is 4.91. The fraction of sp³-hybridized carbons (Fsp3) is 0.273. The van der Waals surface area contributed by atoms with Gasteiger partial charge in [-0.2, -0.15) is 0 Å². The number of rotatable bonds is 4. The van der Waals surface area contributed by atoms with E-state index in [0.29, 0.717) is 24.3 Å². The van der Waals surface area contributed by atoms with Crippen molar-refractivity contribution >= 4 is 10.9 Å². The molecule has 80 valence electrons. The molecule has 0 aliphatic heterocycles. The highest BCUT2D eigenvalue weighted by atomic mass is 19.1. The van der Waals surface area contributed by atoms with Crippen LogP contribution in [0, 0.1) is 5.82 Å². The van der Waals surface area contributed by atoms with E-state index in [1.807, 2.05) is 6.07 Å². The SMILES string of the molecule is NCCCOc1c[nH]c2cccc(F)c12. The van der Waals surface area contributed by atoms with Crippen molar-refractivity contribution in [2.24, 2.45) is 5.73 Å². The molecule has 0 unspecified atom stereocenters. The Morgan fingerprint density at radius 1 is 1.40 bits per heavy atom. The van der Waals surface area contributed by atoms with Gasteiger partial charge in [0.2, 0.25) is 0 Å². The van der Waals surface area contributed by atoms with Gasteiger partial charge in [-0.05, 0) is 25.1 Å². The van der Waals surface area contributed by atoms with Crippen LogP contribution in [0.4, 0.5) is 4.39 Å². The van der Waals surface area contributed by atoms with Crippen LogP contribution < -0.4 is 10.5 Å². The molecule has 0 radical (unpaired) electrons. The minimum absolute atomic E-state index is 0.267. The van der Waals surface area contributed by atoms with Crippen molar-refractivity contribution in [2.45, 2.75) is 6.42 Å². The van der Waals surface area contributed by atoms with Gasteiger partial charge in [-0.25, -0.2) is 4.39 Å². The van der Waals surface area contributed by atoms with Gasteiger partial charge in [-0.1, -0.05) is 6.07 Å². The molecule has 0 aliphatic carbocycles. The predicted octanol–water partition coefficient (Wildman–Crippen LogP) is 2.03. The number of nitrogens with two attached hydrogens (primary N) is 1. The number of benzene rings is 1. The summed E-state index contributed by atoms with van der Waals surface area (Å²) in [7, 11) is 0. The van der Waals surface area contributed by atoms with Gasteiger partial charge in [-0.15, -0.1) is 0 Å². The van der Waals surface area contributed by atoms with Crippen molar-refractivity contribution in [1.82, 2.24) is 4.98 Å². The average Bonchev–Trinajstić information content (AvgIpc) is 2.63. The molecule has 3 nitrogen and oxygen atoms in total. The van der Waals surface area contributed by atoms with Crippen LogP contribution in [0.25, 0.3) is 10.9 Å². The normalized spacial score (nSPS) is 10.8. The number of halogens is 1. The fourth-order valence-electron chi connectivity index (χ4n) is 1.49. The number of H-pyrrole nitrogens is 1. The van der Waals surface area contributed by atoms with E-state index in [0.717, 1.165) is 11.9 Å². The molecule has 0 amide bonds. The minimum Gasteiger partial charge on any atom is -0.491 e. The van der Waals surface area contributed by atoms with Gasteiger partial charge in [0.25, 0.3) is 0 Å². The second-order valence-corrected chi connectivity index (χ2v) is 3.31. The van der Waals surface area contributed by atoms with Gasteiger partial charge in [0.05, 0.1) is 17.5 Å². The van der Waals surface area contributed by atoms with Gasteiger partial charge in [0, 0.05) is 6.20 Å². The van der Waals surface area contributed by atoms with Crippen molar-refractivity contribution in [3.8, 4) is 5.75 Å². The summed E-state index contributed by atoms with van der Waals surface area (Å²) < 4.78 is 18.9. The van der Waals surface area contributed by atoms with E-state index in [-0.39, 0.29) is 5.82 Å². The molecule has 0 fully saturated rings. The maximum absolute atomic E-state index is 13.5. The lowest BCUT2D eigenvalue weighted by Gasteiger charge is -2.03. The zero-order valence-electron chi connectivity index (χ0n) is 8.29. The lowest BCUT2D eigenvalue weighted by atomic mass is 10.2. The van der Waals surface area contributed by atoms with Gasteiger partial charge in [0.1, 0.15) is 11.6 Å². The first-order valence-electron chi connectivity index (χ1n) is 4.91. The van der Waals surface area contributed by atoms with E-state index in [2.05, 4.69) is 4.98 Å². The Morgan fingerprint density at radius 2 is 2.27 bits per heavy atom. The number of hydrogen-bond donors (Lipinski definition) is 2. The van der Waals surface area contributed by atoms with Gasteiger partial charge >= 0.3 is 0 Å². The summed E-state index contributed by atoms with van der Waals surface area (Å²) in [6.45, 7) is 1.09. The van der Waals surface area contributed by atoms with E-state index in [9.17, 15) is 4.39 Å². The monoisotopic (exact) mass is 208 g/mol. The first-order chi connectivity index (χ1) is 7.33. The highest BCUT2D eigenvalue weighted by Crippen LogP contribution is 2.27. The van der Waals surface area contributed by atoms with E-state index in [1.54, 1.807) is 12.3 Å². The number of aromatic amines is 1. The third kappa shape index (κ3) is 1.94. The summed E-state index contributed by atoms with van der Waals surface area (Å²) in [6, 6.07) is 4.90. The molecule has 2 rings (SSSR count). The minimum atomic E-state index is -0.267. The summed E-state index contributed by atoms with van der Waals surface area (Å²) in [5.41, 5.74) is 6.10. The second-order valence-electron chi connectivity index (χ2n) is 3.31. The summed E-state index contributed by atoms with van der Waals surface area (Å²) in [5.74, 6) is 0.285. The third-order valence-corrected chi connectivity index (χ3v) is 2.22. The van der Waals surface area contributed by atoms with Crippen molar-refractivity contribution < 1.29 is 9.13 Å². The number of ether oxygens (including phenoxy) is 1. The maximum Gasteiger partial charge on any atom is 0.147 e. The molecule has 0 bridgehead atoms. The Bertz CT molecular complexity index is 453. The summed E-state index contributed by atoms with van der Waals surface area (Å²) in [5, 5.41) is 0.509. The smallest absolute Gasteiger partial charge is 0.147 e. The number of nitrogens with one attached hydrogen (secondary N) is 1. The molecular formula is C11H13FN2O. The topological polar surface area (TPSA) is 51.0 Å². The molecule has 0 saturated carbocycles. The molecule has 4 heteroatoms. The zero-order chi connectivity index (χ0) is 10.7. The lowest BCUT2D eigenvalue weighted by molar-refractivity contribution is 0.316. The molecule has 0 aliphatic rings. The fourth-order valence-corrected chi connectivity index (χ4v) is 1.49. The predicted molar refractivity (Wildman–Crippen MR) is 57.4 cm³/mol. The van der Waals surface area contributed by atoms with Crippen LogP contribution >= 0.6 is 0 Å². The summed E-state index contributed by atoms with van der Waals surface area (Å²) in [6.07, 6.45) is 2.44. The van der Waals surface area contributed by atoms with Crippen LogP contribution in [0.2, 0.25) is 0 Å². The number of hydrogen-bond acceptors (Lipinski definition) is 2. The average molecular weight is 208 g/mol. The first kappa shape index (κ1) is 9.98. The standard InChI is InChI=1S/C11H13FN2O/c12-8-3-1-4-9-11(8)10(7-14-9)15-6-2-5-13/h1,3-4,7,14H,2,5-6,13H2. The highest BCUT2D eigenvalue weighted by Gasteiger charge is 2.08. The molecule has 1 aromatic carbocycles. The summed E-state index contributed by atoms with van der Waals surface area (Å²) >= 11 is 0. The molecule has 0 saturated heterocycles. The van der Waals surface area contributed by atoms with Crippen LogP contribution in [0.5, 0.6) is 5.75 Å². The van der Waals surface area contributed by atoms with E-state index >= 15 is 0 Å². The van der Waals surface area contributed by atoms with Gasteiger partial charge in [-0.3, -0.25) is 0 Å². The number of aromatic nitrogens is 1. The van der Waals surface area contributed by atoms with Crippen molar-refractivity contribution in [3.05, 3.63) is 30.2 Å². The molecule has 2 aromatic rings. The van der Waals surface area contributed by atoms with E-state index < -0.39 is 0 Å². The molecule has 1 aromatic heterocycles. The van der Waals surface area contributed by atoms with Crippen LogP contribution in [-0.4, -0.2) is 18.1 Å². The lowest BCUT2D eigenvalue weighted by Crippen LogP contribution is -2.05. The largest absolute Gasteiger partial charge is 0.491 e. The molecule has 3 N–H and O–H groups in total. The summed E-state index contributed by atoms with van der Waals surface area (Å²) in [4.78, 5) is 2.96. The zero-order valence-corrected chi connectivity index (χ0v) is 8.29. The quantitative estimate of drug-likeness (QED) is 0.755. The van der Waals surface area contributed by atoms with E-state index in [4.69, 9.17) is 10.5 Å². The van der Waals surface area contributed by atoms with Crippen molar-refractivity contribution in [3.63, 3.8) is 0 Å².